The molecule has 7 aromatic carbocycles. The van der Waals surface area contributed by atoms with Crippen molar-refractivity contribution in [1.29, 1.82) is 0 Å². The van der Waals surface area contributed by atoms with E-state index in [-0.39, 0.29) is 13.7 Å². The zero-order valence-electron chi connectivity index (χ0n) is 26.0. The van der Waals surface area contributed by atoms with Crippen LogP contribution in [0, 0.1) is 6.92 Å². The predicted octanol–water partition coefficient (Wildman–Crippen LogP) is 7.80. The molecule has 0 aromatic heterocycles. The zero-order valence-corrected chi connectivity index (χ0v) is 26.0. The van der Waals surface area contributed by atoms with Gasteiger partial charge in [-0.15, -0.1) is 0 Å². The van der Waals surface area contributed by atoms with Crippen LogP contribution >= 0.6 is 0 Å². The Labute approximate surface area is 275 Å². The van der Waals surface area contributed by atoms with Gasteiger partial charge in [0, 0.05) is 39.4 Å². The Hall–Kier alpha value is -5.73. The van der Waals surface area contributed by atoms with Gasteiger partial charge in [0.15, 0.2) is 0 Å². The van der Waals surface area contributed by atoms with E-state index in [1.54, 1.807) is 0 Å². The molecule has 0 saturated heterocycles. The van der Waals surface area contributed by atoms with Crippen molar-refractivity contribution in [1.82, 2.24) is 0 Å². The van der Waals surface area contributed by atoms with Gasteiger partial charge in [-0.1, -0.05) is 127 Å². The molecule has 0 radical (unpaired) electrons. The predicted molar refractivity (Wildman–Crippen MR) is 200 cm³/mol. The van der Waals surface area contributed by atoms with Crippen LogP contribution in [0.3, 0.4) is 0 Å². The van der Waals surface area contributed by atoms with E-state index in [1.807, 2.05) is 0 Å². The fourth-order valence-electron chi connectivity index (χ4n) is 9.03. The molecule has 0 fully saturated rings. The van der Waals surface area contributed by atoms with Crippen molar-refractivity contribution >= 4 is 58.3 Å². The average Bonchev–Trinajstić information content (AvgIpc) is 3.14. The van der Waals surface area contributed by atoms with Crippen molar-refractivity contribution in [3.8, 4) is 44.5 Å². The van der Waals surface area contributed by atoms with Crippen molar-refractivity contribution in [2.75, 3.05) is 9.62 Å². The highest BCUT2D eigenvalue weighted by atomic mass is 15.1. The quantitative estimate of drug-likeness (QED) is 0.179. The normalized spacial score (nSPS) is 13.9. The minimum Gasteiger partial charge on any atom is -0.376 e. The van der Waals surface area contributed by atoms with Crippen LogP contribution in [-0.4, -0.2) is 13.7 Å². The van der Waals surface area contributed by atoms with Crippen LogP contribution in [-0.2, 0) is 0 Å². The molecular weight excluding hydrogens is 566 g/mol. The van der Waals surface area contributed by atoms with Gasteiger partial charge in [-0.3, -0.25) is 0 Å². The topological polar surface area (TPSA) is 6.48 Å². The third-order valence-corrected chi connectivity index (χ3v) is 10.9. The first-order valence-electron chi connectivity index (χ1n) is 16.6. The van der Waals surface area contributed by atoms with Crippen LogP contribution in [0.15, 0.2) is 152 Å². The Morgan fingerprint density at radius 3 is 1.74 bits per heavy atom. The van der Waals surface area contributed by atoms with E-state index in [9.17, 15) is 0 Å². The van der Waals surface area contributed by atoms with Gasteiger partial charge >= 0.3 is 13.7 Å². The monoisotopic (exact) mass is 594 g/mol. The van der Waals surface area contributed by atoms with Crippen LogP contribution < -0.4 is 31.5 Å². The minimum absolute atomic E-state index is 0.0797. The molecular formula is C43H28B2N2. The molecule has 0 atom stereocenters. The number of benzene rings is 7. The van der Waals surface area contributed by atoms with Crippen LogP contribution in [0.1, 0.15) is 5.56 Å². The summed E-state index contributed by atoms with van der Waals surface area (Å²) in [7, 11) is 0. The van der Waals surface area contributed by atoms with E-state index in [4.69, 9.17) is 0 Å². The summed E-state index contributed by atoms with van der Waals surface area (Å²) in [6.45, 7) is 2.40. The summed E-state index contributed by atoms with van der Waals surface area (Å²) in [4.78, 5) is 5.25. The lowest BCUT2D eigenvalue weighted by Crippen LogP contribution is -2.65. The molecule has 0 N–H and O–H groups in total. The number of rotatable bonds is 1. The maximum atomic E-state index is 2.64. The molecule has 0 unspecified atom stereocenters. The van der Waals surface area contributed by atoms with Gasteiger partial charge in [0.2, 0.25) is 0 Å². The minimum atomic E-state index is 0.0797. The number of anilines is 4. The Kier molecular flexibility index (Phi) is 4.97. The Bertz CT molecular complexity index is 2470. The summed E-state index contributed by atoms with van der Waals surface area (Å²) < 4.78 is 0. The summed E-state index contributed by atoms with van der Waals surface area (Å²) >= 11 is 0. The molecule has 0 saturated carbocycles. The molecule has 4 heterocycles. The molecule has 11 rings (SSSR count). The maximum Gasteiger partial charge on any atom is 0.329 e. The van der Waals surface area contributed by atoms with Crippen molar-refractivity contribution in [3.63, 3.8) is 0 Å². The summed E-state index contributed by atoms with van der Waals surface area (Å²) in [5.41, 5.74) is 22.4. The second-order valence-electron chi connectivity index (χ2n) is 13.3. The fourth-order valence-corrected chi connectivity index (χ4v) is 9.03. The highest BCUT2D eigenvalue weighted by Gasteiger charge is 2.49. The van der Waals surface area contributed by atoms with Gasteiger partial charge in [-0.25, -0.2) is 0 Å². The molecule has 47 heavy (non-hydrogen) atoms. The molecule has 4 heteroatoms. The first kappa shape index (κ1) is 25.5. The highest BCUT2D eigenvalue weighted by molar-refractivity contribution is 6.97. The third kappa shape index (κ3) is 3.27. The second-order valence-corrected chi connectivity index (χ2v) is 13.3. The van der Waals surface area contributed by atoms with E-state index in [1.165, 1.54) is 94.7 Å². The number of aryl methyl sites for hydroxylation is 1. The van der Waals surface area contributed by atoms with E-state index in [2.05, 4.69) is 168 Å². The average molecular weight is 594 g/mol. The van der Waals surface area contributed by atoms with Gasteiger partial charge in [-0.2, -0.15) is 0 Å². The number of hydrogen-bond donors (Lipinski definition) is 0. The molecule has 0 amide bonds. The van der Waals surface area contributed by atoms with Crippen LogP contribution in [0.4, 0.5) is 22.7 Å². The first-order valence-corrected chi connectivity index (χ1v) is 16.6. The van der Waals surface area contributed by atoms with E-state index in [0.717, 1.165) is 0 Å². The first-order chi connectivity index (χ1) is 23.3. The van der Waals surface area contributed by atoms with Crippen LogP contribution in [0.5, 0.6) is 0 Å². The van der Waals surface area contributed by atoms with E-state index >= 15 is 0 Å². The largest absolute Gasteiger partial charge is 0.376 e. The van der Waals surface area contributed by atoms with Gasteiger partial charge in [0.1, 0.15) is 0 Å². The number of hydrogen-bond acceptors (Lipinski definition) is 2. The fraction of sp³-hybridized carbons (Fsp3) is 0.0233. The molecule has 7 aromatic rings. The van der Waals surface area contributed by atoms with E-state index in [0.29, 0.717) is 0 Å². The van der Waals surface area contributed by atoms with Crippen molar-refractivity contribution in [3.05, 3.63) is 157 Å². The molecule has 0 spiro atoms. The number of para-hydroxylation sites is 1. The summed E-state index contributed by atoms with van der Waals surface area (Å²) in [6, 6.07) is 56.9. The Balaban J connectivity index is 1.23. The van der Waals surface area contributed by atoms with Crippen LogP contribution in [0.2, 0.25) is 0 Å². The molecule has 2 nitrogen and oxygen atoms in total. The Morgan fingerprint density at radius 2 is 0.957 bits per heavy atom. The lowest BCUT2D eigenvalue weighted by Gasteiger charge is -2.49. The van der Waals surface area contributed by atoms with Crippen molar-refractivity contribution in [2.45, 2.75) is 6.92 Å². The number of fused-ring (bicyclic) bond motifs is 16. The Morgan fingerprint density at radius 1 is 0.362 bits per heavy atom. The zero-order chi connectivity index (χ0) is 30.8. The molecule has 0 aliphatic carbocycles. The smallest absolute Gasteiger partial charge is 0.329 e. The highest BCUT2D eigenvalue weighted by Crippen LogP contribution is 2.53. The maximum absolute atomic E-state index is 2.64. The van der Waals surface area contributed by atoms with Gasteiger partial charge in [0.05, 0.1) is 0 Å². The van der Waals surface area contributed by atoms with Crippen LogP contribution in [0.25, 0.3) is 44.5 Å². The standard InChI is InChI=1S/C43H28B2N2/c1-27-21-23-35-32(25-27)33-26-29(28-11-3-2-4-12-28)22-24-39(33)47-41-20-10-19-40-43(41)42-36(16-9-17-37(42)45(35)47)44-34-15-7-5-13-30(34)31-14-6-8-18-38(31)46(40)44/h2-26H,1H3. The summed E-state index contributed by atoms with van der Waals surface area (Å²) in [5, 5.41) is 0. The number of nitrogens with zero attached hydrogens (tertiary/aromatic N) is 2. The van der Waals surface area contributed by atoms with E-state index < -0.39 is 0 Å². The van der Waals surface area contributed by atoms with Crippen molar-refractivity contribution < 1.29 is 0 Å². The van der Waals surface area contributed by atoms with Gasteiger partial charge in [0.25, 0.3) is 0 Å². The molecule has 0 bridgehead atoms. The molecule has 216 valence electrons. The second kappa shape index (κ2) is 9.18. The SMILES string of the molecule is Cc1ccc2c(c1)-c1cc(-c3ccccc3)ccc1N1B2c2cccc3c2-c2c(cccc21)N1B3c2ccccc2-c2ccccc21. The van der Waals surface area contributed by atoms with Gasteiger partial charge in [-0.05, 0) is 86.9 Å². The lowest BCUT2D eigenvalue weighted by molar-refractivity contribution is 1.30. The summed E-state index contributed by atoms with van der Waals surface area (Å²) in [6.07, 6.45) is 0. The third-order valence-electron chi connectivity index (χ3n) is 10.9. The molecule has 4 aliphatic heterocycles. The molecule has 4 aliphatic rings. The van der Waals surface area contributed by atoms with Crippen molar-refractivity contribution in [2.24, 2.45) is 0 Å². The lowest BCUT2D eigenvalue weighted by atomic mass is 9.37. The summed E-state index contributed by atoms with van der Waals surface area (Å²) in [5.74, 6) is 0. The van der Waals surface area contributed by atoms with Gasteiger partial charge < -0.3 is 9.62 Å².